The Morgan fingerprint density at radius 3 is 2.36 bits per heavy atom. The summed E-state index contributed by atoms with van der Waals surface area (Å²) in [5, 5.41) is 2.88. The Kier molecular flexibility index (Phi) is 7.06. The summed E-state index contributed by atoms with van der Waals surface area (Å²) in [4.78, 5) is 27.2. The molecule has 148 valence electrons. The van der Waals surface area contributed by atoms with Gasteiger partial charge in [-0.1, -0.05) is 25.8 Å². The van der Waals surface area contributed by atoms with E-state index in [0.717, 1.165) is 38.1 Å². The Labute approximate surface area is 166 Å². The minimum atomic E-state index is -0.207. The lowest BCUT2D eigenvalue weighted by molar-refractivity contribution is 0.0761. The summed E-state index contributed by atoms with van der Waals surface area (Å²) in [6.07, 6.45) is 5.42. The van der Waals surface area contributed by atoms with Crippen LogP contribution in [0.15, 0.2) is 48.5 Å². The van der Waals surface area contributed by atoms with Crippen molar-refractivity contribution in [1.29, 1.82) is 0 Å². The highest BCUT2D eigenvalue weighted by molar-refractivity contribution is 6.05. The molecule has 1 N–H and O–H groups in total. The minimum Gasteiger partial charge on any atom is -0.494 e. The number of benzene rings is 2. The van der Waals surface area contributed by atoms with Crippen LogP contribution in [0.1, 0.15) is 59.7 Å². The first-order chi connectivity index (χ1) is 13.7. The molecule has 1 saturated heterocycles. The van der Waals surface area contributed by atoms with Crippen molar-refractivity contribution in [2.75, 3.05) is 25.0 Å². The molecule has 1 aliphatic heterocycles. The van der Waals surface area contributed by atoms with Gasteiger partial charge in [0.2, 0.25) is 0 Å². The molecule has 0 bridgehead atoms. The maximum atomic E-state index is 12.8. The van der Waals surface area contributed by atoms with Crippen LogP contribution in [0.25, 0.3) is 0 Å². The summed E-state index contributed by atoms with van der Waals surface area (Å²) in [5.74, 6) is 0.584. The van der Waals surface area contributed by atoms with Gasteiger partial charge in [-0.15, -0.1) is 0 Å². The van der Waals surface area contributed by atoms with Gasteiger partial charge in [-0.2, -0.15) is 0 Å². The summed E-state index contributed by atoms with van der Waals surface area (Å²) < 4.78 is 5.54. The van der Waals surface area contributed by atoms with Crippen LogP contribution in [0.4, 0.5) is 5.69 Å². The molecule has 0 unspecified atom stereocenters. The molecule has 0 radical (unpaired) electrons. The molecule has 28 heavy (non-hydrogen) atoms. The van der Waals surface area contributed by atoms with E-state index in [2.05, 4.69) is 5.32 Å². The standard InChI is InChI=1S/C23H28N2O3/c1-2-16-28-21-12-10-18(11-13-21)22(26)24-20-9-7-8-19(17-20)23(27)25-14-5-3-4-6-15-25/h7-13,17H,2-6,14-16H2,1H3,(H,24,26). The monoisotopic (exact) mass is 380 g/mol. The van der Waals surface area contributed by atoms with E-state index < -0.39 is 0 Å². The quantitative estimate of drug-likeness (QED) is 0.787. The molecule has 1 heterocycles. The molecule has 5 nitrogen and oxygen atoms in total. The van der Waals surface area contributed by atoms with Gasteiger partial charge in [-0.05, 0) is 61.7 Å². The summed E-state index contributed by atoms with van der Waals surface area (Å²) in [6, 6.07) is 14.2. The van der Waals surface area contributed by atoms with Crippen LogP contribution in [0.2, 0.25) is 0 Å². The highest BCUT2D eigenvalue weighted by Gasteiger charge is 2.17. The molecule has 2 aromatic rings. The predicted molar refractivity (Wildman–Crippen MR) is 111 cm³/mol. The molecule has 0 atom stereocenters. The van der Waals surface area contributed by atoms with Crippen molar-refractivity contribution in [3.63, 3.8) is 0 Å². The topological polar surface area (TPSA) is 58.6 Å². The number of hydrogen-bond donors (Lipinski definition) is 1. The number of anilines is 1. The Morgan fingerprint density at radius 1 is 0.964 bits per heavy atom. The van der Waals surface area contributed by atoms with Gasteiger partial charge in [0.25, 0.3) is 11.8 Å². The summed E-state index contributed by atoms with van der Waals surface area (Å²) in [5.41, 5.74) is 1.79. The van der Waals surface area contributed by atoms with Crippen LogP contribution in [0.5, 0.6) is 5.75 Å². The van der Waals surface area contributed by atoms with E-state index in [4.69, 9.17) is 4.74 Å². The molecule has 1 fully saturated rings. The zero-order valence-electron chi connectivity index (χ0n) is 16.4. The molecule has 3 rings (SSSR count). The number of carbonyl (C=O) groups excluding carboxylic acids is 2. The van der Waals surface area contributed by atoms with E-state index in [-0.39, 0.29) is 11.8 Å². The van der Waals surface area contributed by atoms with Gasteiger partial charge in [-0.25, -0.2) is 0 Å². The fourth-order valence-corrected chi connectivity index (χ4v) is 3.31. The number of rotatable bonds is 6. The lowest BCUT2D eigenvalue weighted by atomic mass is 10.1. The van der Waals surface area contributed by atoms with Crippen LogP contribution in [0.3, 0.4) is 0 Å². The van der Waals surface area contributed by atoms with E-state index in [1.54, 1.807) is 36.4 Å². The fourth-order valence-electron chi connectivity index (χ4n) is 3.31. The fraction of sp³-hybridized carbons (Fsp3) is 0.391. The van der Waals surface area contributed by atoms with E-state index in [1.807, 2.05) is 24.0 Å². The Hall–Kier alpha value is -2.82. The van der Waals surface area contributed by atoms with Gasteiger partial charge < -0.3 is 15.0 Å². The van der Waals surface area contributed by atoms with E-state index in [9.17, 15) is 9.59 Å². The third-order valence-electron chi connectivity index (χ3n) is 4.85. The third-order valence-corrected chi connectivity index (χ3v) is 4.85. The smallest absolute Gasteiger partial charge is 0.255 e. The van der Waals surface area contributed by atoms with E-state index in [0.29, 0.717) is 23.4 Å². The number of ether oxygens (including phenoxy) is 1. The Balaban J connectivity index is 1.65. The lowest BCUT2D eigenvalue weighted by Gasteiger charge is -2.20. The number of hydrogen-bond acceptors (Lipinski definition) is 3. The second-order valence-electron chi connectivity index (χ2n) is 7.11. The lowest BCUT2D eigenvalue weighted by Crippen LogP contribution is -2.31. The van der Waals surface area contributed by atoms with Gasteiger partial charge in [0.1, 0.15) is 5.75 Å². The molecule has 0 saturated carbocycles. The average Bonchev–Trinajstić information content (AvgIpc) is 3.02. The van der Waals surface area contributed by atoms with Crippen LogP contribution in [-0.4, -0.2) is 36.4 Å². The Bertz CT molecular complexity index is 794. The number of likely N-dealkylation sites (tertiary alicyclic amines) is 1. The number of nitrogens with zero attached hydrogens (tertiary/aromatic N) is 1. The van der Waals surface area contributed by atoms with Gasteiger partial charge in [-0.3, -0.25) is 9.59 Å². The van der Waals surface area contributed by atoms with Gasteiger partial charge in [0.05, 0.1) is 6.61 Å². The largest absolute Gasteiger partial charge is 0.494 e. The molecule has 5 heteroatoms. The van der Waals surface area contributed by atoms with Crippen LogP contribution >= 0.6 is 0 Å². The summed E-state index contributed by atoms with van der Waals surface area (Å²) >= 11 is 0. The molecule has 2 amide bonds. The molecular weight excluding hydrogens is 352 g/mol. The van der Waals surface area contributed by atoms with Crippen LogP contribution < -0.4 is 10.1 Å². The van der Waals surface area contributed by atoms with Gasteiger partial charge >= 0.3 is 0 Å². The summed E-state index contributed by atoms with van der Waals surface area (Å²) in [7, 11) is 0. The highest BCUT2D eigenvalue weighted by atomic mass is 16.5. The first-order valence-electron chi connectivity index (χ1n) is 10.1. The average molecular weight is 380 g/mol. The molecular formula is C23H28N2O3. The van der Waals surface area contributed by atoms with Crippen molar-refractivity contribution >= 4 is 17.5 Å². The molecule has 0 aliphatic carbocycles. The SMILES string of the molecule is CCCOc1ccc(C(=O)Nc2cccc(C(=O)N3CCCCCC3)c2)cc1. The zero-order valence-corrected chi connectivity index (χ0v) is 16.4. The molecule has 0 aromatic heterocycles. The minimum absolute atomic E-state index is 0.0374. The second kappa shape index (κ2) is 9.93. The number of carbonyl (C=O) groups is 2. The third kappa shape index (κ3) is 5.35. The number of amides is 2. The summed E-state index contributed by atoms with van der Waals surface area (Å²) in [6.45, 7) is 4.32. The Morgan fingerprint density at radius 2 is 1.68 bits per heavy atom. The second-order valence-corrected chi connectivity index (χ2v) is 7.11. The van der Waals surface area contributed by atoms with Crippen molar-refractivity contribution in [3.8, 4) is 5.75 Å². The first-order valence-corrected chi connectivity index (χ1v) is 10.1. The first kappa shape index (κ1) is 19.9. The molecule has 1 aliphatic rings. The van der Waals surface area contributed by atoms with Crippen molar-refractivity contribution in [3.05, 3.63) is 59.7 Å². The van der Waals surface area contributed by atoms with Crippen molar-refractivity contribution in [1.82, 2.24) is 4.90 Å². The molecule has 0 spiro atoms. The van der Waals surface area contributed by atoms with Gasteiger partial charge in [0, 0.05) is 29.9 Å². The maximum Gasteiger partial charge on any atom is 0.255 e. The van der Waals surface area contributed by atoms with Crippen molar-refractivity contribution in [2.45, 2.75) is 39.0 Å². The van der Waals surface area contributed by atoms with E-state index >= 15 is 0 Å². The van der Waals surface area contributed by atoms with Gasteiger partial charge in [0.15, 0.2) is 0 Å². The molecule has 2 aromatic carbocycles. The van der Waals surface area contributed by atoms with Crippen LogP contribution in [0, 0.1) is 0 Å². The number of nitrogens with one attached hydrogen (secondary N) is 1. The van der Waals surface area contributed by atoms with E-state index in [1.165, 1.54) is 12.8 Å². The van der Waals surface area contributed by atoms with Crippen molar-refractivity contribution < 1.29 is 14.3 Å². The van der Waals surface area contributed by atoms with Crippen molar-refractivity contribution in [2.24, 2.45) is 0 Å². The highest BCUT2D eigenvalue weighted by Crippen LogP contribution is 2.18. The zero-order chi connectivity index (χ0) is 19.8. The maximum absolute atomic E-state index is 12.8. The normalized spacial score (nSPS) is 14.2. The predicted octanol–water partition coefficient (Wildman–Crippen LogP) is 4.74. The van der Waals surface area contributed by atoms with Crippen LogP contribution in [-0.2, 0) is 0 Å².